The summed E-state index contributed by atoms with van der Waals surface area (Å²) < 4.78 is 0. The maximum Gasteiger partial charge on any atom is 0.159 e. The average Bonchev–Trinajstić information content (AvgIpc) is 2.25. The van der Waals surface area contributed by atoms with Gasteiger partial charge in [0, 0.05) is 6.42 Å². The van der Waals surface area contributed by atoms with Gasteiger partial charge >= 0.3 is 0 Å². The first-order valence-corrected chi connectivity index (χ1v) is 7.30. The minimum atomic E-state index is 0.244. The van der Waals surface area contributed by atoms with E-state index < -0.39 is 0 Å². The highest BCUT2D eigenvalue weighted by Crippen LogP contribution is 2.42. The molecule has 1 aliphatic carbocycles. The molecule has 0 fully saturated rings. The van der Waals surface area contributed by atoms with E-state index in [4.69, 9.17) is 0 Å². The Labute approximate surface area is 107 Å². The Morgan fingerprint density at radius 1 is 1.12 bits per heavy atom. The van der Waals surface area contributed by atoms with Crippen molar-refractivity contribution in [2.24, 2.45) is 5.41 Å². The molecular weight excluding hydrogens is 208 g/mol. The number of hydrogen-bond acceptors (Lipinski definition) is 1. The van der Waals surface area contributed by atoms with E-state index in [0.717, 1.165) is 31.3 Å². The van der Waals surface area contributed by atoms with E-state index in [1.54, 1.807) is 0 Å². The van der Waals surface area contributed by atoms with Crippen LogP contribution < -0.4 is 0 Å². The number of hydrogen-bond donors (Lipinski definition) is 0. The Morgan fingerprint density at radius 2 is 1.82 bits per heavy atom. The SMILES string of the molecule is CCCCC1=C(CC)C(=O)CC(C)(CCC)C1. The van der Waals surface area contributed by atoms with Crippen LogP contribution in [0.15, 0.2) is 11.1 Å². The molecule has 0 aliphatic heterocycles. The molecule has 0 heterocycles. The summed E-state index contributed by atoms with van der Waals surface area (Å²) in [5, 5.41) is 0. The van der Waals surface area contributed by atoms with Crippen LogP contribution in [0.1, 0.15) is 79.1 Å². The first-order valence-electron chi connectivity index (χ1n) is 7.30. The van der Waals surface area contributed by atoms with E-state index in [-0.39, 0.29) is 5.41 Å². The van der Waals surface area contributed by atoms with Gasteiger partial charge in [0.1, 0.15) is 0 Å². The highest BCUT2D eigenvalue weighted by atomic mass is 16.1. The zero-order chi connectivity index (χ0) is 12.9. The topological polar surface area (TPSA) is 17.1 Å². The molecule has 1 aliphatic rings. The molecule has 0 aromatic carbocycles. The highest BCUT2D eigenvalue weighted by molar-refractivity contribution is 5.97. The summed E-state index contributed by atoms with van der Waals surface area (Å²) in [6.07, 6.45) is 8.84. The van der Waals surface area contributed by atoms with E-state index in [2.05, 4.69) is 27.7 Å². The van der Waals surface area contributed by atoms with Crippen LogP contribution in [-0.4, -0.2) is 5.78 Å². The lowest BCUT2D eigenvalue weighted by Gasteiger charge is -2.35. The van der Waals surface area contributed by atoms with Crippen LogP contribution in [0.4, 0.5) is 0 Å². The van der Waals surface area contributed by atoms with Crippen molar-refractivity contribution in [3.8, 4) is 0 Å². The summed E-state index contributed by atoms with van der Waals surface area (Å²) in [7, 11) is 0. The molecule has 0 saturated carbocycles. The number of rotatable bonds is 6. The van der Waals surface area contributed by atoms with Gasteiger partial charge in [-0.1, -0.05) is 46.1 Å². The van der Waals surface area contributed by atoms with Crippen LogP contribution in [0.3, 0.4) is 0 Å². The van der Waals surface area contributed by atoms with E-state index in [1.807, 2.05) is 0 Å². The van der Waals surface area contributed by atoms with Crippen molar-refractivity contribution in [2.45, 2.75) is 79.1 Å². The third-order valence-corrected chi connectivity index (χ3v) is 4.03. The van der Waals surface area contributed by atoms with Gasteiger partial charge < -0.3 is 0 Å². The van der Waals surface area contributed by atoms with E-state index in [9.17, 15) is 4.79 Å². The summed E-state index contributed by atoms with van der Waals surface area (Å²) >= 11 is 0. The zero-order valence-corrected chi connectivity index (χ0v) is 12.1. The molecule has 0 radical (unpaired) electrons. The Kier molecular flexibility index (Phi) is 5.42. The summed E-state index contributed by atoms with van der Waals surface area (Å²) in [4.78, 5) is 12.2. The Balaban J connectivity index is 2.88. The van der Waals surface area contributed by atoms with Crippen molar-refractivity contribution in [1.82, 2.24) is 0 Å². The van der Waals surface area contributed by atoms with Crippen molar-refractivity contribution in [3.05, 3.63) is 11.1 Å². The van der Waals surface area contributed by atoms with E-state index >= 15 is 0 Å². The molecule has 98 valence electrons. The minimum Gasteiger partial charge on any atom is -0.295 e. The van der Waals surface area contributed by atoms with Gasteiger partial charge in [-0.15, -0.1) is 0 Å². The second-order valence-corrected chi connectivity index (χ2v) is 5.88. The Hall–Kier alpha value is -0.590. The first-order chi connectivity index (χ1) is 8.06. The lowest BCUT2D eigenvalue weighted by molar-refractivity contribution is -0.118. The maximum absolute atomic E-state index is 12.2. The Bertz CT molecular complexity index is 301. The lowest BCUT2D eigenvalue weighted by Crippen LogP contribution is -2.28. The fourth-order valence-electron chi connectivity index (χ4n) is 3.23. The van der Waals surface area contributed by atoms with Gasteiger partial charge in [0.25, 0.3) is 0 Å². The van der Waals surface area contributed by atoms with Gasteiger partial charge in [-0.2, -0.15) is 0 Å². The van der Waals surface area contributed by atoms with Crippen molar-refractivity contribution in [1.29, 1.82) is 0 Å². The first kappa shape index (κ1) is 14.5. The third-order valence-electron chi connectivity index (χ3n) is 4.03. The predicted molar refractivity (Wildman–Crippen MR) is 74.1 cm³/mol. The van der Waals surface area contributed by atoms with Crippen LogP contribution in [0, 0.1) is 5.41 Å². The lowest BCUT2D eigenvalue weighted by atomic mass is 9.68. The average molecular weight is 236 g/mol. The van der Waals surface area contributed by atoms with Crippen LogP contribution in [0.25, 0.3) is 0 Å². The fraction of sp³-hybridized carbons (Fsp3) is 0.812. The van der Waals surface area contributed by atoms with Gasteiger partial charge in [0.05, 0.1) is 0 Å². The quantitative estimate of drug-likeness (QED) is 0.630. The van der Waals surface area contributed by atoms with Crippen LogP contribution in [-0.2, 0) is 4.79 Å². The molecule has 0 aromatic heterocycles. The summed E-state index contributed by atoms with van der Waals surface area (Å²) in [5.74, 6) is 0.431. The predicted octanol–water partition coefficient (Wildman–Crippen LogP) is 5.05. The molecule has 1 atom stereocenters. The van der Waals surface area contributed by atoms with Crippen molar-refractivity contribution >= 4 is 5.78 Å². The molecule has 0 spiro atoms. The van der Waals surface area contributed by atoms with Crippen LogP contribution in [0.2, 0.25) is 0 Å². The fourth-order valence-corrected chi connectivity index (χ4v) is 3.23. The molecule has 1 heteroatoms. The van der Waals surface area contributed by atoms with Gasteiger partial charge in [-0.05, 0) is 43.1 Å². The number of Topliss-reactive ketones (excluding diaryl/α,β-unsaturated/α-hetero) is 1. The molecule has 0 saturated heterocycles. The maximum atomic E-state index is 12.2. The molecule has 1 nitrogen and oxygen atoms in total. The minimum absolute atomic E-state index is 0.244. The normalized spacial score (nSPS) is 25.5. The highest BCUT2D eigenvalue weighted by Gasteiger charge is 2.34. The van der Waals surface area contributed by atoms with Gasteiger partial charge in [-0.3, -0.25) is 4.79 Å². The second kappa shape index (κ2) is 6.37. The van der Waals surface area contributed by atoms with Crippen molar-refractivity contribution in [3.63, 3.8) is 0 Å². The van der Waals surface area contributed by atoms with Crippen molar-refractivity contribution < 1.29 is 4.79 Å². The monoisotopic (exact) mass is 236 g/mol. The summed E-state index contributed by atoms with van der Waals surface area (Å²) in [5.41, 5.74) is 2.88. The Morgan fingerprint density at radius 3 is 2.35 bits per heavy atom. The van der Waals surface area contributed by atoms with Crippen LogP contribution in [0.5, 0.6) is 0 Å². The smallest absolute Gasteiger partial charge is 0.159 e. The summed E-state index contributed by atoms with van der Waals surface area (Å²) in [6.45, 7) is 8.87. The molecule has 0 bridgehead atoms. The number of carbonyl (C=O) groups is 1. The van der Waals surface area contributed by atoms with E-state index in [0.29, 0.717) is 5.78 Å². The number of carbonyl (C=O) groups excluding carboxylic acids is 1. The molecule has 0 amide bonds. The molecule has 1 rings (SSSR count). The van der Waals surface area contributed by atoms with Gasteiger partial charge in [0.2, 0.25) is 0 Å². The standard InChI is InChI=1S/C16H28O/c1-5-8-9-13-11-16(4,10-6-2)12-15(17)14(13)7-3/h5-12H2,1-4H3. The van der Waals surface area contributed by atoms with E-state index in [1.165, 1.54) is 31.3 Å². The third kappa shape index (κ3) is 3.69. The molecular formula is C16H28O. The molecule has 17 heavy (non-hydrogen) atoms. The number of unbranched alkanes of at least 4 members (excludes halogenated alkanes) is 1. The van der Waals surface area contributed by atoms with Gasteiger partial charge in [-0.25, -0.2) is 0 Å². The van der Waals surface area contributed by atoms with Crippen molar-refractivity contribution in [2.75, 3.05) is 0 Å². The van der Waals surface area contributed by atoms with Gasteiger partial charge in [0.15, 0.2) is 5.78 Å². The molecule has 0 N–H and O–H groups in total. The number of allylic oxidation sites excluding steroid dienone is 2. The largest absolute Gasteiger partial charge is 0.295 e. The second-order valence-electron chi connectivity index (χ2n) is 5.88. The molecule has 1 unspecified atom stereocenters. The number of ketones is 1. The van der Waals surface area contributed by atoms with Crippen LogP contribution >= 0.6 is 0 Å². The summed E-state index contributed by atoms with van der Waals surface area (Å²) in [6, 6.07) is 0. The zero-order valence-electron chi connectivity index (χ0n) is 12.1. The molecule has 0 aromatic rings.